The number of carboxylic acid groups (broad SMARTS) is 2. The van der Waals surface area contributed by atoms with Crippen molar-refractivity contribution in [3.05, 3.63) is 92.8 Å². The first-order chi connectivity index (χ1) is 33.1. The zero-order chi connectivity index (χ0) is 50.4. The van der Waals surface area contributed by atoms with Crippen LogP contribution < -0.4 is 26.0 Å². The van der Waals surface area contributed by atoms with Gasteiger partial charge < -0.3 is 40.7 Å². The van der Waals surface area contributed by atoms with E-state index < -0.39 is 97.8 Å². The molecule has 24 heteroatoms. The molecule has 0 aliphatic carbocycles. The van der Waals surface area contributed by atoms with Crippen molar-refractivity contribution < 1.29 is 65.7 Å². The second kappa shape index (κ2) is 19.6. The van der Waals surface area contributed by atoms with E-state index in [-0.39, 0.29) is 103 Å². The quantitative estimate of drug-likeness (QED) is 0.0811. The highest BCUT2D eigenvalue weighted by molar-refractivity contribution is 7.88. The number of imide groups is 1. The van der Waals surface area contributed by atoms with Crippen LogP contribution in [0.1, 0.15) is 70.7 Å². The van der Waals surface area contributed by atoms with Gasteiger partial charge in [-0.2, -0.15) is 4.31 Å². The van der Waals surface area contributed by atoms with Gasteiger partial charge in [-0.3, -0.25) is 29.3 Å². The monoisotopic (exact) mass is 1030 g/mol. The minimum absolute atomic E-state index is 0.00883. The van der Waals surface area contributed by atoms with Gasteiger partial charge in [0.25, 0.3) is 5.91 Å². The number of halogens is 3. The number of sulfonamides is 1. The maximum Gasteiger partial charge on any atom is 0.349 e. The number of benzene rings is 3. The molecule has 3 saturated heterocycles. The molecule has 6 N–H and O–H groups in total. The Morgan fingerprint density at radius 3 is 2.37 bits per heavy atom. The molecule has 5 amide bonds. The number of likely N-dealkylation sites (tertiary alicyclic amines) is 1. The summed E-state index contributed by atoms with van der Waals surface area (Å²) in [5.74, 6) is -8.19. The lowest BCUT2D eigenvalue weighted by atomic mass is 9.89. The Labute approximate surface area is 408 Å². The Balaban J connectivity index is 0.839. The van der Waals surface area contributed by atoms with E-state index >= 15 is 8.78 Å². The van der Waals surface area contributed by atoms with Crippen LogP contribution in [0, 0.1) is 17.6 Å². The summed E-state index contributed by atoms with van der Waals surface area (Å²) >= 11 is 7.03. The second-order valence-electron chi connectivity index (χ2n) is 17.9. The number of carbonyl (C=O) groups is 7. The minimum atomic E-state index is -4.05. The van der Waals surface area contributed by atoms with Gasteiger partial charge in [0.05, 0.1) is 34.5 Å². The summed E-state index contributed by atoms with van der Waals surface area (Å²) in [6, 6.07) is 11.7. The molecule has 4 aromatic rings. The van der Waals surface area contributed by atoms with Crippen LogP contribution >= 0.6 is 22.9 Å². The van der Waals surface area contributed by atoms with Gasteiger partial charge in [-0.15, -0.1) is 11.3 Å². The number of thiophene rings is 1. The Bertz CT molecular complexity index is 2960. The SMILES string of the molecule is CC1(C)C[C@@H](Nc2cccc(-c3sc(C(=O)O)c(OCC(=O)O)c3Cl)c2F)CCN1S(=O)(=O)Cc1ccc(F)c(NC(=O)C2CN(C(=O)CNc3cccc4c3CN(C3CCC(=O)NC3=O)C4=O)C2)c1. The fourth-order valence-corrected chi connectivity index (χ4v) is 12.6. The molecular formula is C46H46ClF2N7O12S2. The molecule has 1 unspecified atom stereocenters. The van der Waals surface area contributed by atoms with Gasteiger partial charge >= 0.3 is 11.9 Å². The van der Waals surface area contributed by atoms with Gasteiger partial charge in [0.15, 0.2) is 23.1 Å². The third-order valence-corrected chi connectivity index (χ3v) is 16.4. The number of carboxylic acids is 2. The van der Waals surface area contributed by atoms with Gasteiger partial charge in [-0.05, 0) is 69.0 Å². The molecule has 2 atom stereocenters. The van der Waals surface area contributed by atoms with Crippen LogP contribution in [0.2, 0.25) is 5.02 Å². The third-order valence-electron chi connectivity index (χ3n) is 12.6. The van der Waals surface area contributed by atoms with Crippen LogP contribution in [0.15, 0.2) is 54.6 Å². The molecule has 4 aliphatic rings. The number of rotatable bonds is 16. The molecule has 370 valence electrons. The molecule has 3 fully saturated rings. The highest BCUT2D eigenvalue weighted by Gasteiger charge is 2.43. The van der Waals surface area contributed by atoms with Crippen LogP contribution in [-0.2, 0) is 46.3 Å². The van der Waals surface area contributed by atoms with Crippen LogP contribution in [0.4, 0.5) is 25.8 Å². The van der Waals surface area contributed by atoms with Gasteiger partial charge in [-0.1, -0.05) is 35.9 Å². The van der Waals surface area contributed by atoms with Crippen molar-refractivity contribution in [2.75, 3.05) is 48.7 Å². The summed E-state index contributed by atoms with van der Waals surface area (Å²) < 4.78 is 65.6. The lowest BCUT2D eigenvalue weighted by molar-refractivity contribution is -0.140. The number of anilines is 3. The number of piperidine rings is 2. The summed E-state index contributed by atoms with van der Waals surface area (Å²) in [6.07, 6.45) is 0.801. The first-order valence-electron chi connectivity index (χ1n) is 22.0. The number of nitrogens with one attached hydrogen (secondary N) is 4. The number of amides is 5. The molecule has 8 rings (SSSR count). The molecular weight excluding hydrogens is 980 g/mol. The van der Waals surface area contributed by atoms with Gasteiger partial charge in [-0.25, -0.2) is 26.8 Å². The second-order valence-corrected chi connectivity index (χ2v) is 21.2. The number of nitrogens with zero attached hydrogens (tertiary/aromatic N) is 3. The Morgan fingerprint density at radius 2 is 1.69 bits per heavy atom. The largest absolute Gasteiger partial charge is 0.479 e. The lowest BCUT2D eigenvalue weighted by Crippen LogP contribution is -2.55. The van der Waals surface area contributed by atoms with Crippen LogP contribution in [0.3, 0.4) is 0 Å². The van der Waals surface area contributed by atoms with E-state index in [1.54, 1.807) is 32.0 Å². The fraction of sp³-hybridized carbons (Fsp3) is 0.370. The number of aromatic carboxylic acids is 1. The van der Waals surface area contributed by atoms with E-state index in [1.165, 1.54) is 44.4 Å². The smallest absolute Gasteiger partial charge is 0.349 e. The van der Waals surface area contributed by atoms with E-state index in [0.717, 1.165) is 6.07 Å². The van der Waals surface area contributed by atoms with E-state index in [1.807, 2.05) is 0 Å². The molecule has 4 aliphatic heterocycles. The van der Waals surface area contributed by atoms with Crippen molar-refractivity contribution in [1.82, 2.24) is 19.4 Å². The Kier molecular flexibility index (Phi) is 13.9. The van der Waals surface area contributed by atoms with Gasteiger partial charge in [0, 0.05) is 66.6 Å². The van der Waals surface area contributed by atoms with E-state index in [9.17, 15) is 47.1 Å². The van der Waals surface area contributed by atoms with Crippen molar-refractivity contribution in [1.29, 1.82) is 0 Å². The molecule has 5 heterocycles. The summed E-state index contributed by atoms with van der Waals surface area (Å²) in [6.45, 7) is 2.62. The van der Waals surface area contributed by atoms with Crippen molar-refractivity contribution in [2.24, 2.45) is 5.92 Å². The summed E-state index contributed by atoms with van der Waals surface area (Å²) in [5.41, 5.74) is 0.452. The number of fused-ring (bicyclic) bond motifs is 1. The molecule has 0 bridgehead atoms. The minimum Gasteiger partial charge on any atom is -0.479 e. The predicted molar refractivity (Wildman–Crippen MR) is 251 cm³/mol. The third kappa shape index (κ3) is 10.1. The normalized spacial score (nSPS) is 19.2. The zero-order valence-corrected chi connectivity index (χ0v) is 39.9. The van der Waals surface area contributed by atoms with Crippen molar-refractivity contribution in [3.8, 4) is 16.2 Å². The highest BCUT2D eigenvalue weighted by atomic mass is 35.5. The van der Waals surface area contributed by atoms with Crippen LogP contribution in [-0.4, -0.2) is 125 Å². The summed E-state index contributed by atoms with van der Waals surface area (Å²) in [5, 5.41) is 29.4. The van der Waals surface area contributed by atoms with Crippen molar-refractivity contribution in [2.45, 2.75) is 69.5 Å². The highest BCUT2D eigenvalue weighted by Crippen LogP contribution is 2.47. The average molecular weight is 1030 g/mol. The number of hydrogen-bond donors (Lipinski definition) is 6. The fourth-order valence-electron chi connectivity index (χ4n) is 9.20. The van der Waals surface area contributed by atoms with E-state index in [2.05, 4.69) is 21.3 Å². The number of ether oxygens (including phenoxy) is 1. The molecule has 3 aromatic carbocycles. The number of carbonyl (C=O) groups excluding carboxylic acids is 5. The summed E-state index contributed by atoms with van der Waals surface area (Å²) in [7, 11) is -4.05. The predicted octanol–water partition coefficient (Wildman–Crippen LogP) is 4.96. The molecule has 0 saturated carbocycles. The van der Waals surface area contributed by atoms with Crippen LogP contribution in [0.5, 0.6) is 5.75 Å². The summed E-state index contributed by atoms with van der Waals surface area (Å²) in [4.78, 5) is 89.1. The lowest BCUT2D eigenvalue weighted by Gasteiger charge is -2.45. The zero-order valence-electron chi connectivity index (χ0n) is 37.5. The topological polar surface area (TPSA) is 261 Å². The Morgan fingerprint density at radius 1 is 0.971 bits per heavy atom. The number of aliphatic carboxylic acids is 1. The van der Waals surface area contributed by atoms with E-state index in [4.69, 9.17) is 21.4 Å². The molecule has 70 heavy (non-hydrogen) atoms. The van der Waals surface area contributed by atoms with Crippen molar-refractivity contribution >= 4 is 91.5 Å². The number of hydrogen-bond acceptors (Lipinski definition) is 13. The molecule has 0 spiro atoms. The molecule has 0 radical (unpaired) electrons. The molecule has 1 aromatic heterocycles. The molecule has 19 nitrogen and oxygen atoms in total. The maximum absolute atomic E-state index is 16.1. The van der Waals surface area contributed by atoms with Crippen molar-refractivity contribution in [3.63, 3.8) is 0 Å². The maximum atomic E-state index is 16.1. The van der Waals surface area contributed by atoms with Gasteiger partial charge in [0.1, 0.15) is 16.9 Å². The first kappa shape index (κ1) is 49.7. The Hall–Kier alpha value is -6.69. The van der Waals surface area contributed by atoms with Gasteiger partial charge in [0.2, 0.25) is 33.7 Å². The standard InChI is InChI=1S/C46H46ClF2N7O12S2/c1-46(2)16-25(51-31-8-4-6-27(38(31)49)40-37(47)39(68-21-36(59)60)41(69-40)45(64)65)13-14-56(46)70(66,67)22-23-9-10-29(48)32(15-23)52-42(61)24-18-54(19-24)35(58)17-50-30-7-3-5-26-28(30)20-55(44(26)63)33-11-12-34(57)53-43(33)62/h3-10,15,24-25,33,50-51H,11-14,16-22H2,1-2H3,(H,52,61)(H,59,60)(H,64,65)(H,53,57,62)/t25-,33?/m0/s1. The first-order valence-corrected chi connectivity index (χ1v) is 24.8. The average Bonchev–Trinajstić information content (AvgIpc) is 3.78. The van der Waals surface area contributed by atoms with E-state index in [0.29, 0.717) is 28.2 Å². The van der Waals surface area contributed by atoms with Crippen LogP contribution in [0.25, 0.3) is 10.4 Å².